The lowest BCUT2D eigenvalue weighted by atomic mass is 10.2. The number of nitrogens with two attached hydrogens (primary N) is 1. The molecular formula is C9H11N3O3S. The normalized spacial score (nSPS) is 11.9. The van der Waals surface area contributed by atoms with Crippen LogP contribution in [0.1, 0.15) is 6.92 Å². The van der Waals surface area contributed by atoms with Crippen molar-refractivity contribution < 1.29 is 12.8 Å². The highest BCUT2D eigenvalue weighted by atomic mass is 32.2. The Balaban J connectivity index is 2.53. The summed E-state index contributed by atoms with van der Waals surface area (Å²) in [5.41, 5.74) is 1.10. The first-order valence-electron chi connectivity index (χ1n) is 4.65. The highest BCUT2D eigenvalue weighted by Gasteiger charge is 2.19. The van der Waals surface area contributed by atoms with Gasteiger partial charge >= 0.3 is 0 Å². The zero-order valence-corrected chi connectivity index (χ0v) is 9.44. The lowest BCUT2D eigenvalue weighted by Gasteiger charge is -1.96. The molecule has 0 bridgehead atoms. The van der Waals surface area contributed by atoms with E-state index in [4.69, 9.17) is 9.56 Å². The van der Waals surface area contributed by atoms with E-state index in [0.717, 1.165) is 0 Å². The molecule has 16 heavy (non-hydrogen) atoms. The molecule has 0 aliphatic carbocycles. The molecular weight excluding hydrogens is 230 g/mol. The van der Waals surface area contributed by atoms with Gasteiger partial charge in [-0.15, -0.1) is 0 Å². The Morgan fingerprint density at radius 3 is 2.88 bits per heavy atom. The first-order valence-corrected chi connectivity index (χ1v) is 6.20. The van der Waals surface area contributed by atoms with Gasteiger partial charge in [-0.3, -0.25) is 4.68 Å². The van der Waals surface area contributed by atoms with Gasteiger partial charge in [0.05, 0.1) is 12.5 Å². The zero-order valence-electron chi connectivity index (χ0n) is 8.62. The van der Waals surface area contributed by atoms with Crippen LogP contribution in [-0.2, 0) is 16.6 Å². The van der Waals surface area contributed by atoms with Crippen molar-refractivity contribution in [2.75, 3.05) is 0 Å². The molecule has 2 aromatic rings. The quantitative estimate of drug-likeness (QED) is 0.860. The summed E-state index contributed by atoms with van der Waals surface area (Å²) >= 11 is 0. The second kappa shape index (κ2) is 3.76. The SMILES string of the molecule is CCn1cc(-c2ccoc2S(N)(=O)=O)cn1. The number of aromatic nitrogens is 2. The molecule has 2 rings (SSSR count). The maximum absolute atomic E-state index is 11.2. The lowest BCUT2D eigenvalue weighted by Crippen LogP contribution is -2.11. The minimum atomic E-state index is -3.84. The standard InChI is InChI=1S/C9H11N3O3S/c1-2-12-6-7(5-11-12)8-3-4-15-9(8)16(10,13)14/h3-6H,2H2,1H3,(H2,10,13,14). The van der Waals surface area contributed by atoms with Crippen LogP contribution in [0.2, 0.25) is 0 Å². The van der Waals surface area contributed by atoms with Crippen molar-refractivity contribution in [3.8, 4) is 11.1 Å². The summed E-state index contributed by atoms with van der Waals surface area (Å²) < 4.78 is 29.0. The summed E-state index contributed by atoms with van der Waals surface area (Å²) in [5.74, 6) is 0. The van der Waals surface area contributed by atoms with Gasteiger partial charge in [-0.1, -0.05) is 0 Å². The van der Waals surface area contributed by atoms with Crippen molar-refractivity contribution in [2.24, 2.45) is 5.14 Å². The van der Waals surface area contributed by atoms with Crippen LogP contribution in [0.3, 0.4) is 0 Å². The van der Waals surface area contributed by atoms with Gasteiger partial charge in [-0.05, 0) is 13.0 Å². The Morgan fingerprint density at radius 1 is 1.56 bits per heavy atom. The monoisotopic (exact) mass is 241 g/mol. The number of sulfonamides is 1. The molecule has 0 fully saturated rings. The number of nitrogens with zero attached hydrogens (tertiary/aromatic N) is 2. The maximum atomic E-state index is 11.2. The fourth-order valence-corrected chi connectivity index (χ4v) is 2.09. The number of primary sulfonamides is 1. The Bertz CT molecular complexity index is 597. The molecule has 7 heteroatoms. The molecule has 86 valence electrons. The van der Waals surface area contributed by atoms with Crippen LogP contribution < -0.4 is 5.14 Å². The first-order chi connectivity index (χ1) is 7.52. The van der Waals surface area contributed by atoms with Crippen molar-refractivity contribution >= 4 is 10.0 Å². The second-order valence-electron chi connectivity index (χ2n) is 3.25. The molecule has 2 N–H and O–H groups in total. The molecule has 0 amide bonds. The summed E-state index contributed by atoms with van der Waals surface area (Å²) in [7, 11) is -3.84. The average molecular weight is 241 g/mol. The molecule has 6 nitrogen and oxygen atoms in total. The van der Waals surface area contributed by atoms with Crippen molar-refractivity contribution in [3.63, 3.8) is 0 Å². The lowest BCUT2D eigenvalue weighted by molar-refractivity contribution is 0.452. The van der Waals surface area contributed by atoms with Crippen molar-refractivity contribution in [1.82, 2.24) is 9.78 Å². The third kappa shape index (κ3) is 1.86. The number of aryl methyl sites for hydroxylation is 1. The van der Waals surface area contributed by atoms with Gasteiger partial charge in [-0.25, -0.2) is 13.6 Å². The number of hydrogen-bond donors (Lipinski definition) is 1. The van der Waals surface area contributed by atoms with E-state index in [1.807, 2.05) is 6.92 Å². The van der Waals surface area contributed by atoms with Gasteiger partial charge in [0, 0.05) is 23.9 Å². The van der Waals surface area contributed by atoms with Crippen molar-refractivity contribution in [3.05, 3.63) is 24.7 Å². The molecule has 0 aromatic carbocycles. The maximum Gasteiger partial charge on any atom is 0.272 e. The molecule has 0 radical (unpaired) electrons. The van der Waals surface area contributed by atoms with E-state index >= 15 is 0 Å². The fraction of sp³-hybridized carbons (Fsp3) is 0.222. The van der Waals surface area contributed by atoms with Crippen LogP contribution in [0.5, 0.6) is 0 Å². The van der Waals surface area contributed by atoms with Gasteiger partial charge < -0.3 is 4.42 Å². The van der Waals surface area contributed by atoms with Gasteiger partial charge in [0.15, 0.2) is 0 Å². The highest BCUT2D eigenvalue weighted by Crippen LogP contribution is 2.27. The molecule has 0 saturated carbocycles. The summed E-state index contributed by atoms with van der Waals surface area (Å²) in [6.45, 7) is 2.65. The van der Waals surface area contributed by atoms with E-state index < -0.39 is 10.0 Å². The molecule has 0 saturated heterocycles. The molecule has 0 aliphatic heterocycles. The third-order valence-electron chi connectivity index (χ3n) is 2.16. The van der Waals surface area contributed by atoms with Gasteiger partial charge in [0.2, 0.25) is 5.09 Å². The molecule has 0 spiro atoms. The van der Waals surface area contributed by atoms with E-state index in [9.17, 15) is 8.42 Å². The van der Waals surface area contributed by atoms with Gasteiger partial charge in [0.25, 0.3) is 10.0 Å². The third-order valence-corrected chi connectivity index (χ3v) is 2.99. The Hall–Kier alpha value is -1.60. The first kappa shape index (κ1) is 10.9. The van der Waals surface area contributed by atoms with E-state index in [-0.39, 0.29) is 5.09 Å². The van der Waals surface area contributed by atoms with E-state index in [1.54, 1.807) is 23.1 Å². The topological polar surface area (TPSA) is 91.1 Å². The van der Waals surface area contributed by atoms with Crippen molar-refractivity contribution in [1.29, 1.82) is 0 Å². The highest BCUT2D eigenvalue weighted by molar-refractivity contribution is 7.89. The van der Waals surface area contributed by atoms with E-state index in [0.29, 0.717) is 17.7 Å². The van der Waals surface area contributed by atoms with E-state index in [1.165, 1.54) is 6.26 Å². The van der Waals surface area contributed by atoms with Crippen LogP contribution in [-0.4, -0.2) is 18.2 Å². The van der Waals surface area contributed by atoms with Crippen LogP contribution in [0.4, 0.5) is 0 Å². The van der Waals surface area contributed by atoms with Crippen molar-refractivity contribution in [2.45, 2.75) is 18.6 Å². The fourth-order valence-electron chi connectivity index (χ4n) is 1.41. The Labute approximate surface area is 92.7 Å². The summed E-state index contributed by atoms with van der Waals surface area (Å²) in [6, 6.07) is 1.55. The Morgan fingerprint density at radius 2 is 2.31 bits per heavy atom. The Kier molecular flexibility index (Phi) is 2.56. The molecule has 2 aromatic heterocycles. The van der Waals surface area contributed by atoms with Crippen LogP contribution in [0, 0.1) is 0 Å². The van der Waals surface area contributed by atoms with Gasteiger partial charge in [0.1, 0.15) is 0 Å². The second-order valence-corrected chi connectivity index (χ2v) is 4.71. The van der Waals surface area contributed by atoms with E-state index in [2.05, 4.69) is 5.10 Å². The van der Waals surface area contributed by atoms with Gasteiger partial charge in [-0.2, -0.15) is 5.10 Å². The smallest absolute Gasteiger partial charge is 0.272 e. The van der Waals surface area contributed by atoms with Crippen LogP contribution in [0.25, 0.3) is 11.1 Å². The largest absolute Gasteiger partial charge is 0.451 e. The summed E-state index contributed by atoms with van der Waals surface area (Å²) in [4.78, 5) is 0. The predicted octanol–water partition coefficient (Wildman–Crippen LogP) is 0.810. The minimum Gasteiger partial charge on any atom is -0.451 e. The number of rotatable bonds is 3. The molecule has 0 aliphatic rings. The predicted molar refractivity (Wildman–Crippen MR) is 57.0 cm³/mol. The summed E-state index contributed by atoms with van der Waals surface area (Å²) in [5, 5.41) is 8.85. The summed E-state index contributed by atoms with van der Waals surface area (Å²) in [6.07, 6.45) is 4.60. The van der Waals surface area contributed by atoms with Crippen LogP contribution in [0.15, 0.2) is 34.2 Å². The number of furan rings is 1. The minimum absolute atomic E-state index is 0.233. The molecule has 0 atom stereocenters. The molecule has 0 unspecified atom stereocenters. The van der Waals surface area contributed by atoms with Crippen LogP contribution >= 0.6 is 0 Å². The zero-order chi connectivity index (χ0) is 11.8. The molecule has 2 heterocycles. The number of hydrogen-bond acceptors (Lipinski definition) is 4. The average Bonchev–Trinajstić information content (AvgIpc) is 2.84.